The lowest BCUT2D eigenvalue weighted by atomic mass is 10.2. The largest absolute Gasteiger partial charge is 0.375 e. The molecule has 1 saturated heterocycles. The molecule has 0 aromatic carbocycles. The van der Waals surface area contributed by atoms with E-state index in [0.717, 1.165) is 25.9 Å². The summed E-state index contributed by atoms with van der Waals surface area (Å²) in [7, 11) is 0. The van der Waals surface area contributed by atoms with Crippen molar-refractivity contribution >= 4 is 5.91 Å². The summed E-state index contributed by atoms with van der Waals surface area (Å²) < 4.78 is 5.54. The normalized spacial score (nSPS) is 23.2. The molecule has 0 bridgehead atoms. The third kappa shape index (κ3) is 4.10. The fourth-order valence-corrected chi connectivity index (χ4v) is 1.71. The molecule has 1 heterocycles. The summed E-state index contributed by atoms with van der Waals surface area (Å²) in [4.78, 5) is 13.8. The molecule has 0 aromatic heterocycles. The topological polar surface area (TPSA) is 41.6 Å². The highest BCUT2D eigenvalue weighted by Crippen LogP contribution is 2.08. The van der Waals surface area contributed by atoms with Crippen LogP contribution in [-0.4, -0.2) is 49.2 Å². The summed E-state index contributed by atoms with van der Waals surface area (Å²) >= 11 is 0. The fourth-order valence-electron chi connectivity index (χ4n) is 1.71. The van der Waals surface area contributed by atoms with Gasteiger partial charge in [-0.25, -0.2) is 0 Å². The van der Waals surface area contributed by atoms with Gasteiger partial charge in [0.1, 0.15) is 0 Å². The Morgan fingerprint density at radius 3 is 2.94 bits per heavy atom. The van der Waals surface area contributed by atoms with Crippen LogP contribution in [0.1, 0.15) is 33.6 Å². The third-order valence-corrected chi connectivity index (χ3v) is 3.16. The Morgan fingerprint density at radius 2 is 2.31 bits per heavy atom. The zero-order valence-corrected chi connectivity index (χ0v) is 10.7. The van der Waals surface area contributed by atoms with Crippen LogP contribution in [0, 0.1) is 0 Å². The summed E-state index contributed by atoms with van der Waals surface area (Å²) in [5, 5.41) is 3.23. The number of nitrogens with zero attached hydrogens (tertiary/aromatic N) is 1. The van der Waals surface area contributed by atoms with Gasteiger partial charge in [0.25, 0.3) is 0 Å². The van der Waals surface area contributed by atoms with Crippen molar-refractivity contribution in [2.75, 3.05) is 26.2 Å². The number of hydrogen-bond acceptors (Lipinski definition) is 3. The lowest BCUT2D eigenvalue weighted by Crippen LogP contribution is -2.49. The van der Waals surface area contributed by atoms with Crippen LogP contribution in [0.3, 0.4) is 0 Å². The average Bonchev–Trinajstić information content (AvgIpc) is 2.35. The van der Waals surface area contributed by atoms with Gasteiger partial charge < -0.3 is 15.0 Å². The molecule has 4 heteroatoms. The lowest BCUT2D eigenvalue weighted by molar-refractivity contribution is -0.138. The first-order chi connectivity index (χ1) is 7.67. The molecule has 2 unspecified atom stereocenters. The van der Waals surface area contributed by atoms with Crippen LogP contribution in [0.4, 0.5) is 0 Å². The molecule has 1 rings (SSSR count). The minimum atomic E-state index is 0.196. The molecule has 0 aliphatic carbocycles. The highest BCUT2D eigenvalue weighted by molar-refractivity contribution is 5.78. The van der Waals surface area contributed by atoms with E-state index >= 15 is 0 Å². The van der Waals surface area contributed by atoms with Crippen LogP contribution in [0.25, 0.3) is 0 Å². The van der Waals surface area contributed by atoms with E-state index in [1.165, 1.54) is 0 Å². The molecule has 94 valence electrons. The van der Waals surface area contributed by atoms with Gasteiger partial charge in [0.2, 0.25) is 5.91 Å². The summed E-state index contributed by atoms with van der Waals surface area (Å²) in [6, 6.07) is 0.409. The van der Waals surface area contributed by atoms with E-state index in [2.05, 4.69) is 26.1 Å². The molecule has 0 spiro atoms. The highest BCUT2D eigenvalue weighted by Gasteiger charge is 2.22. The second-order valence-corrected chi connectivity index (χ2v) is 4.43. The Labute approximate surface area is 98.3 Å². The molecule has 0 radical (unpaired) electrons. The highest BCUT2D eigenvalue weighted by atomic mass is 16.5. The minimum absolute atomic E-state index is 0.196. The Morgan fingerprint density at radius 1 is 1.56 bits per heavy atom. The second kappa shape index (κ2) is 6.86. The van der Waals surface area contributed by atoms with Gasteiger partial charge in [0.15, 0.2) is 0 Å². The Bertz CT molecular complexity index is 221. The number of amides is 1. The SMILES string of the molecule is CCC(C)NCC(=O)N1CCOC(CC)C1. The first kappa shape index (κ1) is 13.5. The molecule has 0 saturated carbocycles. The van der Waals surface area contributed by atoms with Crippen LogP contribution in [0.5, 0.6) is 0 Å². The second-order valence-electron chi connectivity index (χ2n) is 4.43. The van der Waals surface area contributed by atoms with Gasteiger partial charge in [-0.05, 0) is 19.8 Å². The van der Waals surface area contributed by atoms with E-state index in [4.69, 9.17) is 4.74 Å². The molecule has 0 aromatic rings. The van der Waals surface area contributed by atoms with Crippen LogP contribution < -0.4 is 5.32 Å². The fraction of sp³-hybridized carbons (Fsp3) is 0.917. The average molecular weight is 228 g/mol. The van der Waals surface area contributed by atoms with Gasteiger partial charge in [-0.3, -0.25) is 4.79 Å². The first-order valence-corrected chi connectivity index (χ1v) is 6.30. The maximum absolute atomic E-state index is 11.9. The number of morpholine rings is 1. The van der Waals surface area contributed by atoms with Crippen LogP contribution in [0.15, 0.2) is 0 Å². The van der Waals surface area contributed by atoms with Gasteiger partial charge in [-0.2, -0.15) is 0 Å². The Balaban J connectivity index is 2.30. The van der Waals surface area contributed by atoms with Crippen LogP contribution >= 0.6 is 0 Å². The first-order valence-electron chi connectivity index (χ1n) is 6.30. The standard InChI is InChI=1S/C12H24N2O2/c1-4-10(3)13-8-12(15)14-6-7-16-11(5-2)9-14/h10-11,13H,4-9H2,1-3H3. The molecular weight excluding hydrogens is 204 g/mol. The molecule has 1 fully saturated rings. The van der Waals surface area contributed by atoms with Crippen molar-refractivity contribution in [3.63, 3.8) is 0 Å². The van der Waals surface area contributed by atoms with Crippen molar-refractivity contribution < 1.29 is 9.53 Å². The summed E-state index contributed by atoms with van der Waals surface area (Å²) in [6.45, 7) is 8.91. The van der Waals surface area contributed by atoms with Gasteiger partial charge >= 0.3 is 0 Å². The van der Waals surface area contributed by atoms with Gasteiger partial charge in [-0.15, -0.1) is 0 Å². The summed E-state index contributed by atoms with van der Waals surface area (Å²) in [6.07, 6.45) is 2.25. The number of hydrogen-bond donors (Lipinski definition) is 1. The molecule has 1 aliphatic rings. The number of rotatable bonds is 5. The molecule has 4 nitrogen and oxygen atoms in total. The maximum Gasteiger partial charge on any atom is 0.236 e. The van der Waals surface area contributed by atoms with Crippen molar-refractivity contribution in [3.8, 4) is 0 Å². The van der Waals surface area contributed by atoms with E-state index in [0.29, 0.717) is 19.2 Å². The smallest absolute Gasteiger partial charge is 0.236 e. The van der Waals surface area contributed by atoms with Crippen molar-refractivity contribution in [2.24, 2.45) is 0 Å². The third-order valence-electron chi connectivity index (χ3n) is 3.16. The minimum Gasteiger partial charge on any atom is -0.375 e. The molecule has 16 heavy (non-hydrogen) atoms. The van der Waals surface area contributed by atoms with E-state index < -0.39 is 0 Å². The predicted octanol–water partition coefficient (Wildman–Crippen LogP) is 1.01. The maximum atomic E-state index is 11.9. The van der Waals surface area contributed by atoms with Crippen molar-refractivity contribution in [1.29, 1.82) is 0 Å². The number of carbonyl (C=O) groups is 1. The number of ether oxygens (including phenoxy) is 1. The molecule has 2 atom stereocenters. The molecule has 1 N–H and O–H groups in total. The van der Waals surface area contributed by atoms with Crippen molar-refractivity contribution in [3.05, 3.63) is 0 Å². The summed E-state index contributed by atoms with van der Waals surface area (Å²) in [5.41, 5.74) is 0. The van der Waals surface area contributed by atoms with Crippen molar-refractivity contribution in [2.45, 2.75) is 45.8 Å². The Kier molecular flexibility index (Phi) is 5.77. The summed E-state index contributed by atoms with van der Waals surface area (Å²) in [5.74, 6) is 0.196. The van der Waals surface area contributed by atoms with Crippen LogP contribution in [0.2, 0.25) is 0 Å². The number of carbonyl (C=O) groups excluding carboxylic acids is 1. The van der Waals surface area contributed by atoms with E-state index in [1.54, 1.807) is 0 Å². The van der Waals surface area contributed by atoms with Gasteiger partial charge in [-0.1, -0.05) is 13.8 Å². The quantitative estimate of drug-likeness (QED) is 0.763. The monoisotopic (exact) mass is 228 g/mol. The van der Waals surface area contributed by atoms with E-state index in [1.807, 2.05) is 4.90 Å². The zero-order chi connectivity index (χ0) is 12.0. The number of nitrogens with one attached hydrogen (secondary N) is 1. The van der Waals surface area contributed by atoms with E-state index in [9.17, 15) is 4.79 Å². The van der Waals surface area contributed by atoms with Gasteiger partial charge in [0, 0.05) is 19.1 Å². The van der Waals surface area contributed by atoms with Gasteiger partial charge in [0.05, 0.1) is 19.3 Å². The van der Waals surface area contributed by atoms with Crippen molar-refractivity contribution in [1.82, 2.24) is 10.2 Å². The lowest BCUT2D eigenvalue weighted by Gasteiger charge is -2.32. The predicted molar refractivity (Wildman–Crippen MR) is 64.4 cm³/mol. The molecular formula is C12H24N2O2. The van der Waals surface area contributed by atoms with E-state index in [-0.39, 0.29) is 12.0 Å². The zero-order valence-electron chi connectivity index (χ0n) is 10.7. The van der Waals surface area contributed by atoms with Crippen LogP contribution in [-0.2, 0) is 9.53 Å². The molecule has 1 aliphatic heterocycles. The molecule has 1 amide bonds. The Hall–Kier alpha value is -0.610.